The molecule has 3 aromatic carbocycles. The molecule has 0 amide bonds. The van der Waals surface area contributed by atoms with E-state index in [0.29, 0.717) is 33.0 Å². The molecule has 164 valence electrons. The molecule has 0 heterocycles. The summed E-state index contributed by atoms with van der Waals surface area (Å²) in [6.07, 6.45) is -1.55. The molecular formula is C24H25IO6. The summed E-state index contributed by atoms with van der Waals surface area (Å²) in [5, 5.41) is 2.56. The van der Waals surface area contributed by atoms with Crippen LogP contribution >= 0.6 is 22.6 Å². The van der Waals surface area contributed by atoms with E-state index in [9.17, 15) is 9.59 Å². The van der Waals surface area contributed by atoms with Gasteiger partial charge in [-0.05, 0) is 40.5 Å². The molecule has 6 nitrogen and oxygen atoms in total. The van der Waals surface area contributed by atoms with Crippen molar-refractivity contribution in [3.8, 4) is 11.5 Å². The molecule has 3 aromatic rings. The van der Waals surface area contributed by atoms with Crippen molar-refractivity contribution in [3.05, 3.63) is 46.0 Å². The Labute approximate surface area is 194 Å². The zero-order chi connectivity index (χ0) is 22.5. The maximum Gasteiger partial charge on any atom is 0.513 e. The first-order valence-corrected chi connectivity index (χ1v) is 11.2. The van der Waals surface area contributed by atoms with Crippen LogP contribution in [0.5, 0.6) is 11.5 Å². The first-order valence-electron chi connectivity index (χ1n) is 10.1. The van der Waals surface area contributed by atoms with Crippen molar-refractivity contribution in [1.29, 1.82) is 0 Å². The maximum absolute atomic E-state index is 12.4. The van der Waals surface area contributed by atoms with Crippen LogP contribution in [0, 0.1) is 15.4 Å². The minimum Gasteiger partial charge on any atom is -0.434 e. The summed E-state index contributed by atoms with van der Waals surface area (Å²) in [5.74, 6) is 1.11. The van der Waals surface area contributed by atoms with Crippen molar-refractivity contribution < 1.29 is 28.5 Å². The predicted octanol–water partition coefficient (Wildman–Crippen LogP) is 6.94. The second-order valence-electron chi connectivity index (χ2n) is 7.98. The van der Waals surface area contributed by atoms with Gasteiger partial charge in [-0.15, -0.1) is 0 Å². The van der Waals surface area contributed by atoms with Gasteiger partial charge in [0.2, 0.25) is 0 Å². The van der Waals surface area contributed by atoms with E-state index in [2.05, 4.69) is 22.6 Å². The lowest BCUT2D eigenvalue weighted by atomic mass is 10.0. The number of carbonyl (C=O) groups excluding carboxylic acids is 2. The molecule has 0 saturated carbocycles. The Morgan fingerprint density at radius 1 is 0.742 bits per heavy atom. The first-order chi connectivity index (χ1) is 14.8. The van der Waals surface area contributed by atoms with Crippen molar-refractivity contribution in [3.63, 3.8) is 0 Å². The fourth-order valence-corrected chi connectivity index (χ4v) is 3.76. The molecule has 0 aromatic heterocycles. The molecule has 0 N–H and O–H groups in total. The van der Waals surface area contributed by atoms with Crippen LogP contribution in [-0.4, -0.2) is 25.5 Å². The zero-order valence-electron chi connectivity index (χ0n) is 17.9. The minimum atomic E-state index is -0.774. The summed E-state index contributed by atoms with van der Waals surface area (Å²) < 4.78 is 22.6. The van der Waals surface area contributed by atoms with Gasteiger partial charge in [0.05, 0.1) is 13.2 Å². The Kier molecular flexibility index (Phi) is 7.59. The van der Waals surface area contributed by atoms with Crippen LogP contribution in [0.4, 0.5) is 9.59 Å². The van der Waals surface area contributed by atoms with Crippen molar-refractivity contribution in [2.75, 3.05) is 13.2 Å². The van der Waals surface area contributed by atoms with Gasteiger partial charge in [-0.25, -0.2) is 9.59 Å². The highest BCUT2D eigenvalue weighted by Crippen LogP contribution is 2.44. The average Bonchev–Trinajstić information content (AvgIpc) is 2.73. The van der Waals surface area contributed by atoms with Crippen molar-refractivity contribution in [2.24, 2.45) is 11.8 Å². The van der Waals surface area contributed by atoms with Gasteiger partial charge in [0.25, 0.3) is 0 Å². The highest BCUT2D eigenvalue weighted by atomic mass is 127. The molecule has 0 fully saturated rings. The third-order valence-electron chi connectivity index (χ3n) is 4.34. The molecule has 0 radical (unpaired) electrons. The van der Waals surface area contributed by atoms with E-state index in [-0.39, 0.29) is 25.0 Å². The van der Waals surface area contributed by atoms with Crippen LogP contribution in [0.3, 0.4) is 0 Å². The zero-order valence-corrected chi connectivity index (χ0v) is 20.1. The molecule has 3 rings (SSSR count). The number of halogens is 1. The van der Waals surface area contributed by atoms with E-state index < -0.39 is 12.3 Å². The Morgan fingerprint density at radius 3 is 1.77 bits per heavy atom. The van der Waals surface area contributed by atoms with Gasteiger partial charge < -0.3 is 18.9 Å². The second-order valence-corrected chi connectivity index (χ2v) is 9.14. The molecule has 31 heavy (non-hydrogen) atoms. The number of rotatable bonds is 6. The Balaban J connectivity index is 2.13. The molecule has 0 spiro atoms. The van der Waals surface area contributed by atoms with Gasteiger partial charge >= 0.3 is 12.3 Å². The second kappa shape index (κ2) is 10.2. The monoisotopic (exact) mass is 536 g/mol. The molecule has 0 atom stereocenters. The summed E-state index contributed by atoms with van der Waals surface area (Å²) in [5.41, 5.74) is 0. The lowest BCUT2D eigenvalue weighted by Crippen LogP contribution is -2.16. The summed E-state index contributed by atoms with van der Waals surface area (Å²) in [6.45, 7) is 8.32. The summed E-state index contributed by atoms with van der Waals surface area (Å²) in [4.78, 5) is 24.7. The highest BCUT2D eigenvalue weighted by Gasteiger charge is 2.22. The maximum atomic E-state index is 12.4. The first kappa shape index (κ1) is 23.1. The summed E-state index contributed by atoms with van der Waals surface area (Å²) in [7, 11) is 0. The molecular weight excluding hydrogens is 511 g/mol. The Bertz CT molecular complexity index is 1110. The molecule has 0 bridgehead atoms. The molecule has 0 unspecified atom stereocenters. The van der Waals surface area contributed by atoms with Crippen molar-refractivity contribution in [1.82, 2.24) is 0 Å². The highest BCUT2D eigenvalue weighted by molar-refractivity contribution is 14.1. The quantitative estimate of drug-likeness (QED) is 0.147. The van der Waals surface area contributed by atoms with E-state index in [1.165, 1.54) is 0 Å². The van der Waals surface area contributed by atoms with Gasteiger partial charge in [0.1, 0.15) is 0 Å². The molecule has 0 aliphatic rings. The van der Waals surface area contributed by atoms with Crippen LogP contribution in [0.25, 0.3) is 21.5 Å². The molecule has 0 aliphatic heterocycles. The third-order valence-corrected chi connectivity index (χ3v) is 5.24. The number of hydrogen-bond acceptors (Lipinski definition) is 6. The van der Waals surface area contributed by atoms with Gasteiger partial charge in [-0.2, -0.15) is 0 Å². The van der Waals surface area contributed by atoms with Gasteiger partial charge in [-0.1, -0.05) is 64.1 Å². The number of hydrogen-bond donors (Lipinski definition) is 0. The van der Waals surface area contributed by atoms with Crippen LogP contribution in [0.15, 0.2) is 42.5 Å². The van der Waals surface area contributed by atoms with Gasteiger partial charge in [0, 0.05) is 25.1 Å². The summed E-state index contributed by atoms with van der Waals surface area (Å²) >= 11 is 2.17. The number of fused-ring (bicyclic) bond motifs is 2. The fourth-order valence-electron chi connectivity index (χ4n) is 3.01. The Morgan fingerprint density at radius 2 is 1.23 bits per heavy atom. The standard InChI is InChI=1S/C24H25IO6/c1-14(2)12-28-23(26)30-21-16-8-5-6-9-17(16)22(31-24(27)29-13-15(3)4)20-18(21)10-7-11-19(20)25/h5-11,14-15H,12-13H2,1-4H3. The number of carbonyl (C=O) groups is 2. The lowest BCUT2D eigenvalue weighted by Gasteiger charge is -2.17. The SMILES string of the molecule is CC(C)COC(=O)Oc1c2ccccc2c(OC(=O)OCC(C)C)c2c(I)cccc12. The van der Waals surface area contributed by atoms with Gasteiger partial charge in [-0.3, -0.25) is 0 Å². The van der Waals surface area contributed by atoms with Crippen LogP contribution in [-0.2, 0) is 9.47 Å². The molecule has 0 aliphatic carbocycles. The van der Waals surface area contributed by atoms with Crippen LogP contribution in [0.2, 0.25) is 0 Å². The van der Waals surface area contributed by atoms with E-state index in [4.69, 9.17) is 18.9 Å². The number of ether oxygens (including phenoxy) is 4. The van der Waals surface area contributed by atoms with Crippen molar-refractivity contribution in [2.45, 2.75) is 27.7 Å². The van der Waals surface area contributed by atoms with Crippen molar-refractivity contribution >= 4 is 56.4 Å². The van der Waals surface area contributed by atoms with Crippen LogP contribution in [0.1, 0.15) is 27.7 Å². The predicted molar refractivity (Wildman–Crippen MR) is 128 cm³/mol. The lowest BCUT2D eigenvalue weighted by molar-refractivity contribution is 0.0879. The summed E-state index contributed by atoms with van der Waals surface area (Å²) in [6, 6.07) is 12.9. The normalized spacial score (nSPS) is 11.2. The molecule has 0 saturated heterocycles. The van der Waals surface area contributed by atoms with Gasteiger partial charge in [0.15, 0.2) is 11.5 Å². The largest absolute Gasteiger partial charge is 0.513 e. The average molecular weight is 536 g/mol. The molecule has 7 heteroatoms. The smallest absolute Gasteiger partial charge is 0.434 e. The van der Waals surface area contributed by atoms with Crippen LogP contribution < -0.4 is 9.47 Å². The van der Waals surface area contributed by atoms with E-state index >= 15 is 0 Å². The van der Waals surface area contributed by atoms with E-state index in [1.54, 1.807) is 0 Å². The topological polar surface area (TPSA) is 71.1 Å². The minimum absolute atomic E-state index is 0.189. The van der Waals surface area contributed by atoms with E-state index in [0.717, 1.165) is 3.57 Å². The van der Waals surface area contributed by atoms with E-state index in [1.807, 2.05) is 70.2 Å². The third kappa shape index (κ3) is 5.58. The fraction of sp³-hybridized carbons (Fsp3) is 0.333. The Hall–Kier alpha value is -2.55. The number of benzene rings is 3.